The van der Waals surface area contributed by atoms with E-state index in [1.165, 1.54) is 0 Å². The largest absolute Gasteiger partial charge is 0.386 e. The molecule has 0 radical (unpaired) electrons. The predicted molar refractivity (Wildman–Crippen MR) is 65.4 cm³/mol. The first-order valence-corrected chi connectivity index (χ1v) is 4.88. The Hall–Kier alpha value is -0.300. The summed E-state index contributed by atoms with van der Waals surface area (Å²) in [6.45, 7) is 14.4. The van der Waals surface area contributed by atoms with E-state index in [1.54, 1.807) is 0 Å². The Labute approximate surface area is 90.2 Å². The standard InChI is InChI=1S/C12H24O.CH4/c1-10(2,3)8-9-12(7,13)11(4,5)6;/h8-9,13H,1-7H3;1H4/b9-8+;. The molecule has 0 aromatic rings. The van der Waals surface area contributed by atoms with E-state index in [1.807, 2.05) is 33.8 Å². The second-order valence-corrected chi connectivity index (χ2v) is 6.10. The first-order valence-electron chi connectivity index (χ1n) is 4.88. The molecule has 0 heterocycles. The lowest BCUT2D eigenvalue weighted by atomic mass is 9.76. The van der Waals surface area contributed by atoms with Gasteiger partial charge in [-0.1, -0.05) is 61.1 Å². The Morgan fingerprint density at radius 1 is 0.786 bits per heavy atom. The minimum absolute atomic E-state index is 0. The van der Waals surface area contributed by atoms with Crippen LogP contribution in [0.2, 0.25) is 0 Å². The molecule has 1 heteroatoms. The highest BCUT2D eigenvalue weighted by Gasteiger charge is 2.32. The van der Waals surface area contributed by atoms with Gasteiger partial charge in [0.1, 0.15) is 0 Å². The van der Waals surface area contributed by atoms with Gasteiger partial charge in [0.2, 0.25) is 0 Å². The molecule has 86 valence electrons. The molecule has 0 aliphatic carbocycles. The fourth-order valence-corrected chi connectivity index (χ4v) is 0.662. The summed E-state index contributed by atoms with van der Waals surface area (Å²) < 4.78 is 0. The topological polar surface area (TPSA) is 20.2 Å². The molecule has 1 nitrogen and oxygen atoms in total. The average molecular weight is 200 g/mol. The van der Waals surface area contributed by atoms with Crippen LogP contribution in [0.25, 0.3) is 0 Å². The maximum atomic E-state index is 10.1. The van der Waals surface area contributed by atoms with E-state index in [2.05, 4.69) is 26.8 Å². The SMILES string of the molecule is C.CC(C)(C)/C=C/C(C)(O)C(C)(C)C. The van der Waals surface area contributed by atoms with E-state index in [-0.39, 0.29) is 18.3 Å². The summed E-state index contributed by atoms with van der Waals surface area (Å²) in [5.74, 6) is 0. The zero-order valence-corrected chi connectivity index (χ0v) is 10.1. The van der Waals surface area contributed by atoms with Crippen molar-refractivity contribution in [2.75, 3.05) is 0 Å². The minimum Gasteiger partial charge on any atom is -0.386 e. The summed E-state index contributed by atoms with van der Waals surface area (Å²) in [7, 11) is 0. The number of aliphatic hydroxyl groups is 1. The summed E-state index contributed by atoms with van der Waals surface area (Å²) in [5.41, 5.74) is -0.718. The molecule has 0 amide bonds. The van der Waals surface area contributed by atoms with Crippen molar-refractivity contribution >= 4 is 0 Å². The summed E-state index contributed by atoms with van der Waals surface area (Å²) in [6, 6.07) is 0. The Morgan fingerprint density at radius 2 is 1.14 bits per heavy atom. The van der Waals surface area contributed by atoms with Crippen LogP contribution in [0.1, 0.15) is 55.9 Å². The van der Waals surface area contributed by atoms with Gasteiger partial charge in [0.15, 0.2) is 0 Å². The second kappa shape index (κ2) is 4.48. The van der Waals surface area contributed by atoms with E-state index >= 15 is 0 Å². The molecule has 0 aromatic heterocycles. The van der Waals surface area contributed by atoms with Gasteiger partial charge in [-0.15, -0.1) is 0 Å². The molecule has 0 bridgehead atoms. The van der Waals surface area contributed by atoms with Crippen LogP contribution in [-0.2, 0) is 0 Å². The minimum atomic E-state index is -0.736. The van der Waals surface area contributed by atoms with Crippen LogP contribution in [0, 0.1) is 10.8 Å². The number of rotatable bonds is 1. The molecular weight excluding hydrogens is 172 g/mol. The third-order valence-corrected chi connectivity index (χ3v) is 2.43. The van der Waals surface area contributed by atoms with Crippen molar-refractivity contribution in [1.82, 2.24) is 0 Å². The summed E-state index contributed by atoms with van der Waals surface area (Å²) in [5, 5.41) is 10.1. The third kappa shape index (κ3) is 5.43. The van der Waals surface area contributed by atoms with E-state index in [9.17, 15) is 5.11 Å². The molecule has 0 rings (SSSR count). The molecule has 0 aliphatic rings. The number of hydrogen-bond donors (Lipinski definition) is 1. The van der Waals surface area contributed by atoms with E-state index < -0.39 is 5.60 Å². The van der Waals surface area contributed by atoms with Gasteiger partial charge in [0.25, 0.3) is 0 Å². The average Bonchev–Trinajstić information content (AvgIpc) is 1.79. The van der Waals surface area contributed by atoms with Crippen LogP contribution >= 0.6 is 0 Å². The van der Waals surface area contributed by atoms with Gasteiger partial charge in [0.05, 0.1) is 5.60 Å². The molecule has 0 fully saturated rings. The molecule has 1 atom stereocenters. The highest BCUT2D eigenvalue weighted by molar-refractivity contribution is 5.07. The van der Waals surface area contributed by atoms with Gasteiger partial charge in [-0.25, -0.2) is 0 Å². The second-order valence-electron chi connectivity index (χ2n) is 6.10. The molecule has 0 aliphatic heterocycles. The van der Waals surface area contributed by atoms with Crippen molar-refractivity contribution in [3.63, 3.8) is 0 Å². The Kier molecular flexibility index (Phi) is 5.17. The molecule has 14 heavy (non-hydrogen) atoms. The van der Waals surface area contributed by atoms with Crippen molar-refractivity contribution in [1.29, 1.82) is 0 Å². The molecular formula is C13H28O. The molecule has 0 saturated carbocycles. The molecule has 1 unspecified atom stereocenters. The fourth-order valence-electron chi connectivity index (χ4n) is 0.662. The first-order chi connectivity index (χ1) is 5.46. The zero-order chi connectivity index (χ0) is 10.9. The zero-order valence-electron chi connectivity index (χ0n) is 10.1. The molecule has 0 aromatic carbocycles. The lowest BCUT2D eigenvalue weighted by molar-refractivity contribution is 0.00292. The predicted octanol–water partition coefficient (Wildman–Crippen LogP) is 4.02. The van der Waals surface area contributed by atoms with Crippen LogP contribution < -0.4 is 0 Å². The van der Waals surface area contributed by atoms with Crippen LogP contribution in [0.15, 0.2) is 12.2 Å². The normalized spacial score (nSPS) is 17.7. The van der Waals surface area contributed by atoms with Crippen molar-refractivity contribution in [2.24, 2.45) is 10.8 Å². The third-order valence-electron chi connectivity index (χ3n) is 2.43. The highest BCUT2D eigenvalue weighted by atomic mass is 16.3. The van der Waals surface area contributed by atoms with Crippen LogP contribution in [0.4, 0.5) is 0 Å². The van der Waals surface area contributed by atoms with Crippen LogP contribution in [-0.4, -0.2) is 10.7 Å². The molecule has 0 saturated heterocycles. The quantitative estimate of drug-likeness (QED) is 0.634. The Balaban J connectivity index is 0. The van der Waals surface area contributed by atoms with Crippen molar-refractivity contribution < 1.29 is 5.11 Å². The smallest absolute Gasteiger partial charge is 0.0847 e. The Bertz CT molecular complexity index is 186. The lowest BCUT2D eigenvalue weighted by Crippen LogP contribution is -2.37. The van der Waals surface area contributed by atoms with Gasteiger partial charge in [-0.2, -0.15) is 0 Å². The van der Waals surface area contributed by atoms with Crippen molar-refractivity contribution in [3.8, 4) is 0 Å². The van der Waals surface area contributed by atoms with E-state index in [0.29, 0.717) is 0 Å². The maximum Gasteiger partial charge on any atom is 0.0847 e. The van der Waals surface area contributed by atoms with E-state index in [4.69, 9.17) is 0 Å². The summed E-state index contributed by atoms with van der Waals surface area (Å²) in [6.07, 6.45) is 3.98. The fraction of sp³-hybridized carbons (Fsp3) is 0.846. The summed E-state index contributed by atoms with van der Waals surface area (Å²) >= 11 is 0. The van der Waals surface area contributed by atoms with Gasteiger partial charge in [-0.05, 0) is 17.8 Å². The molecule has 1 N–H and O–H groups in total. The molecule has 0 spiro atoms. The van der Waals surface area contributed by atoms with Gasteiger partial charge >= 0.3 is 0 Å². The van der Waals surface area contributed by atoms with Gasteiger partial charge < -0.3 is 5.11 Å². The van der Waals surface area contributed by atoms with Crippen LogP contribution in [0.5, 0.6) is 0 Å². The first kappa shape index (κ1) is 16.1. The lowest BCUT2D eigenvalue weighted by Gasteiger charge is -2.35. The van der Waals surface area contributed by atoms with E-state index in [0.717, 1.165) is 0 Å². The van der Waals surface area contributed by atoms with Crippen LogP contribution in [0.3, 0.4) is 0 Å². The Morgan fingerprint density at radius 3 is 1.36 bits per heavy atom. The van der Waals surface area contributed by atoms with Gasteiger partial charge in [0, 0.05) is 0 Å². The summed E-state index contributed by atoms with van der Waals surface area (Å²) in [4.78, 5) is 0. The number of hydrogen-bond acceptors (Lipinski definition) is 1. The van der Waals surface area contributed by atoms with Crippen molar-refractivity contribution in [2.45, 2.75) is 61.5 Å². The number of allylic oxidation sites excluding steroid dienone is 1. The highest BCUT2D eigenvalue weighted by Crippen LogP contribution is 2.32. The van der Waals surface area contributed by atoms with Gasteiger partial charge in [-0.3, -0.25) is 0 Å². The monoisotopic (exact) mass is 200 g/mol. The van der Waals surface area contributed by atoms with Crippen molar-refractivity contribution in [3.05, 3.63) is 12.2 Å². The maximum absolute atomic E-state index is 10.1.